The fourth-order valence-electron chi connectivity index (χ4n) is 2.20. The van der Waals surface area contributed by atoms with Crippen LogP contribution in [-0.4, -0.2) is 25.2 Å². The van der Waals surface area contributed by atoms with E-state index in [1.54, 1.807) is 24.3 Å². The molecule has 0 heterocycles. The Hall–Kier alpha value is -3.18. The number of carbonyl (C=O) groups excluding carboxylic acids is 2. The first-order valence-corrected chi connectivity index (χ1v) is 8.51. The third-order valence-electron chi connectivity index (χ3n) is 3.33. The second kappa shape index (κ2) is 10.7. The Labute approximate surface area is 158 Å². The van der Waals surface area contributed by atoms with Gasteiger partial charge in [-0.1, -0.05) is 48.6 Å². The molecule has 0 N–H and O–H groups in total. The molecule has 0 atom stereocenters. The van der Waals surface area contributed by atoms with E-state index in [4.69, 9.17) is 14.2 Å². The minimum absolute atomic E-state index is 0.333. The SMILES string of the molecule is CC(=O)Oc1ccc(C=CCOCC=Cc2ccc(OC(C)=O)cc2)cc1. The fourth-order valence-corrected chi connectivity index (χ4v) is 2.20. The van der Waals surface area contributed by atoms with Gasteiger partial charge in [0.15, 0.2) is 0 Å². The first-order valence-electron chi connectivity index (χ1n) is 8.51. The predicted molar refractivity (Wildman–Crippen MR) is 104 cm³/mol. The molecule has 0 fully saturated rings. The quantitative estimate of drug-likeness (QED) is 0.396. The van der Waals surface area contributed by atoms with Crippen molar-refractivity contribution in [3.8, 4) is 11.5 Å². The second-order valence-corrected chi connectivity index (χ2v) is 5.67. The van der Waals surface area contributed by atoms with Gasteiger partial charge in [-0.25, -0.2) is 0 Å². The lowest BCUT2D eigenvalue weighted by atomic mass is 10.2. The average molecular weight is 366 g/mol. The molecular formula is C22H22O5. The van der Waals surface area contributed by atoms with E-state index in [1.165, 1.54) is 13.8 Å². The van der Waals surface area contributed by atoms with Crippen LogP contribution in [0.1, 0.15) is 25.0 Å². The van der Waals surface area contributed by atoms with E-state index < -0.39 is 0 Å². The molecule has 0 saturated heterocycles. The number of benzene rings is 2. The molecule has 27 heavy (non-hydrogen) atoms. The van der Waals surface area contributed by atoms with Crippen molar-refractivity contribution in [3.63, 3.8) is 0 Å². The molecule has 0 radical (unpaired) electrons. The second-order valence-electron chi connectivity index (χ2n) is 5.67. The van der Waals surface area contributed by atoms with Crippen molar-refractivity contribution in [3.05, 3.63) is 71.8 Å². The van der Waals surface area contributed by atoms with Crippen LogP contribution in [0.5, 0.6) is 11.5 Å². The summed E-state index contributed by atoms with van der Waals surface area (Å²) in [6, 6.07) is 14.5. The number of ether oxygens (including phenoxy) is 3. The molecule has 2 aromatic rings. The third-order valence-corrected chi connectivity index (χ3v) is 3.33. The summed E-state index contributed by atoms with van der Waals surface area (Å²) in [7, 11) is 0. The van der Waals surface area contributed by atoms with E-state index in [0.29, 0.717) is 24.7 Å². The van der Waals surface area contributed by atoms with Crippen molar-refractivity contribution in [2.24, 2.45) is 0 Å². The Morgan fingerprint density at radius 2 is 1.07 bits per heavy atom. The summed E-state index contributed by atoms with van der Waals surface area (Å²) in [6.45, 7) is 3.72. The molecule has 0 bridgehead atoms. The zero-order valence-corrected chi connectivity index (χ0v) is 15.4. The molecule has 5 nitrogen and oxygen atoms in total. The largest absolute Gasteiger partial charge is 0.427 e. The maximum absolute atomic E-state index is 10.9. The van der Waals surface area contributed by atoms with Crippen LogP contribution in [0.25, 0.3) is 12.2 Å². The fraction of sp³-hybridized carbons (Fsp3) is 0.182. The predicted octanol–water partition coefficient (Wildman–Crippen LogP) is 4.28. The highest BCUT2D eigenvalue weighted by molar-refractivity contribution is 5.70. The first kappa shape index (κ1) is 20.1. The number of carbonyl (C=O) groups is 2. The number of hydrogen-bond donors (Lipinski definition) is 0. The monoisotopic (exact) mass is 366 g/mol. The van der Waals surface area contributed by atoms with Gasteiger partial charge in [-0.3, -0.25) is 9.59 Å². The summed E-state index contributed by atoms with van der Waals surface area (Å²) in [5, 5.41) is 0. The summed E-state index contributed by atoms with van der Waals surface area (Å²) < 4.78 is 15.5. The third kappa shape index (κ3) is 8.16. The molecule has 5 heteroatoms. The number of esters is 2. The van der Waals surface area contributed by atoms with E-state index in [1.807, 2.05) is 48.6 Å². The van der Waals surface area contributed by atoms with E-state index in [9.17, 15) is 9.59 Å². The summed E-state index contributed by atoms with van der Waals surface area (Å²) in [6.07, 6.45) is 7.72. The Morgan fingerprint density at radius 3 is 1.41 bits per heavy atom. The number of hydrogen-bond acceptors (Lipinski definition) is 5. The van der Waals surface area contributed by atoms with E-state index >= 15 is 0 Å². The minimum Gasteiger partial charge on any atom is -0.427 e. The van der Waals surface area contributed by atoms with Crippen LogP contribution >= 0.6 is 0 Å². The molecule has 2 aromatic carbocycles. The van der Waals surface area contributed by atoms with Crippen molar-refractivity contribution in [2.75, 3.05) is 13.2 Å². The lowest BCUT2D eigenvalue weighted by molar-refractivity contribution is -0.132. The molecule has 140 valence electrons. The molecule has 2 rings (SSSR count). The highest BCUT2D eigenvalue weighted by atomic mass is 16.5. The van der Waals surface area contributed by atoms with E-state index in [0.717, 1.165) is 11.1 Å². The van der Waals surface area contributed by atoms with Crippen molar-refractivity contribution in [1.82, 2.24) is 0 Å². The van der Waals surface area contributed by atoms with Crippen LogP contribution in [0.2, 0.25) is 0 Å². The van der Waals surface area contributed by atoms with Crippen LogP contribution < -0.4 is 9.47 Å². The van der Waals surface area contributed by atoms with Gasteiger partial charge in [0.2, 0.25) is 0 Å². The van der Waals surface area contributed by atoms with Crippen LogP contribution in [0.4, 0.5) is 0 Å². The number of rotatable bonds is 8. The van der Waals surface area contributed by atoms with E-state index in [2.05, 4.69) is 0 Å². The maximum atomic E-state index is 10.9. The molecule has 0 aliphatic heterocycles. The molecule has 0 unspecified atom stereocenters. The zero-order valence-electron chi connectivity index (χ0n) is 15.4. The summed E-state index contributed by atoms with van der Waals surface area (Å²) in [5.74, 6) is 0.393. The van der Waals surface area contributed by atoms with Crippen molar-refractivity contribution >= 4 is 24.1 Å². The van der Waals surface area contributed by atoms with Gasteiger partial charge in [-0.2, -0.15) is 0 Å². The molecule has 0 aliphatic carbocycles. The average Bonchev–Trinajstić information content (AvgIpc) is 2.63. The van der Waals surface area contributed by atoms with Crippen LogP contribution in [0.3, 0.4) is 0 Å². The van der Waals surface area contributed by atoms with Crippen molar-refractivity contribution in [1.29, 1.82) is 0 Å². The van der Waals surface area contributed by atoms with Gasteiger partial charge in [0.1, 0.15) is 11.5 Å². The van der Waals surface area contributed by atoms with Crippen LogP contribution in [-0.2, 0) is 14.3 Å². The minimum atomic E-state index is -0.333. The first-order chi connectivity index (χ1) is 13.0. The van der Waals surface area contributed by atoms with Gasteiger partial charge < -0.3 is 14.2 Å². The standard InChI is InChI=1S/C22H22O5/c1-17(23)26-21-11-7-19(8-12-21)5-3-15-25-16-4-6-20-9-13-22(14-10-20)27-18(2)24/h3-14H,15-16H2,1-2H3. The van der Waals surface area contributed by atoms with Crippen LogP contribution in [0.15, 0.2) is 60.7 Å². The van der Waals surface area contributed by atoms with Crippen LogP contribution in [0, 0.1) is 0 Å². The van der Waals surface area contributed by atoms with Crippen molar-refractivity contribution < 1.29 is 23.8 Å². The molecule has 0 aliphatic rings. The maximum Gasteiger partial charge on any atom is 0.308 e. The van der Waals surface area contributed by atoms with Gasteiger partial charge in [0, 0.05) is 13.8 Å². The Bertz CT molecular complexity index is 732. The molecule has 0 aromatic heterocycles. The van der Waals surface area contributed by atoms with Gasteiger partial charge in [-0.15, -0.1) is 0 Å². The molecular weight excluding hydrogens is 344 g/mol. The smallest absolute Gasteiger partial charge is 0.308 e. The summed E-state index contributed by atoms with van der Waals surface area (Å²) >= 11 is 0. The highest BCUT2D eigenvalue weighted by Crippen LogP contribution is 2.14. The summed E-state index contributed by atoms with van der Waals surface area (Å²) in [5.41, 5.74) is 2.00. The normalized spacial score (nSPS) is 11.0. The topological polar surface area (TPSA) is 61.8 Å². The van der Waals surface area contributed by atoms with Gasteiger partial charge >= 0.3 is 11.9 Å². The van der Waals surface area contributed by atoms with Gasteiger partial charge in [0.25, 0.3) is 0 Å². The summed E-state index contributed by atoms with van der Waals surface area (Å²) in [4.78, 5) is 21.7. The molecule has 0 saturated carbocycles. The Kier molecular flexibility index (Phi) is 8.00. The Balaban J connectivity index is 1.69. The Morgan fingerprint density at radius 1 is 0.704 bits per heavy atom. The molecule has 0 spiro atoms. The van der Waals surface area contributed by atoms with Gasteiger partial charge in [-0.05, 0) is 35.4 Å². The van der Waals surface area contributed by atoms with E-state index in [-0.39, 0.29) is 11.9 Å². The lowest BCUT2D eigenvalue weighted by Crippen LogP contribution is -2.00. The lowest BCUT2D eigenvalue weighted by Gasteiger charge is -2.01. The van der Waals surface area contributed by atoms with Gasteiger partial charge in [0.05, 0.1) is 13.2 Å². The van der Waals surface area contributed by atoms with Crippen molar-refractivity contribution in [2.45, 2.75) is 13.8 Å². The molecule has 0 amide bonds. The highest BCUT2D eigenvalue weighted by Gasteiger charge is 1.97. The zero-order chi connectivity index (χ0) is 19.5.